The summed E-state index contributed by atoms with van der Waals surface area (Å²) in [4.78, 5) is 23.7. The molecule has 0 saturated carbocycles. The van der Waals surface area contributed by atoms with Crippen LogP contribution >= 0.6 is 0 Å². The van der Waals surface area contributed by atoms with Crippen molar-refractivity contribution in [1.82, 2.24) is 0 Å². The summed E-state index contributed by atoms with van der Waals surface area (Å²) >= 11 is 0. The Morgan fingerprint density at radius 2 is 1.91 bits per heavy atom. The van der Waals surface area contributed by atoms with Gasteiger partial charge < -0.3 is 19.9 Å². The van der Waals surface area contributed by atoms with Gasteiger partial charge in [-0.3, -0.25) is 4.79 Å². The number of carbonyl (C=O) groups is 2. The van der Waals surface area contributed by atoms with Gasteiger partial charge in [0.1, 0.15) is 11.5 Å². The van der Waals surface area contributed by atoms with Gasteiger partial charge in [0.15, 0.2) is 6.61 Å². The van der Waals surface area contributed by atoms with E-state index >= 15 is 0 Å². The highest BCUT2D eigenvalue weighted by Gasteiger charge is 2.13. The van der Waals surface area contributed by atoms with Gasteiger partial charge in [0.2, 0.25) is 0 Å². The van der Waals surface area contributed by atoms with Crippen LogP contribution in [0.4, 0.5) is 5.69 Å². The molecule has 0 aliphatic rings. The van der Waals surface area contributed by atoms with Crippen molar-refractivity contribution in [3.05, 3.63) is 53.6 Å². The standard InChI is InChI=1S/C17H17NO5/c1-11-7-8-12(9-14(11)19)17(21)23-10-16(20)18-13-5-3-4-6-15(13)22-2/h3-9,19H,10H2,1-2H3,(H,18,20). The van der Waals surface area contributed by atoms with Crippen LogP contribution in [0.2, 0.25) is 0 Å². The van der Waals surface area contributed by atoms with Gasteiger partial charge in [-0.05, 0) is 36.8 Å². The summed E-state index contributed by atoms with van der Waals surface area (Å²) in [5.74, 6) is -0.664. The lowest BCUT2D eigenvalue weighted by Gasteiger charge is -2.10. The highest BCUT2D eigenvalue weighted by atomic mass is 16.5. The number of methoxy groups -OCH3 is 1. The predicted molar refractivity (Wildman–Crippen MR) is 84.8 cm³/mol. The average molecular weight is 315 g/mol. The van der Waals surface area contributed by atoms with Crippen molar-refractivity contribution in [2.75, 3.05) is 19.0 Å². The number of para-hydroxylation sites is 2. The number of aromatic hydroxyl groups is 1. The lowest BCUT2D eigenvalue weighted by Crippen LogP contribution is -2.21. The summed E-state index contributed by atoms with van der Waals surface area (Å²) in [6.07, 6.45) is 0. The Labute approximate surface area is 133 Å². The highest BCUT2D eigenvalue weighted by Crippen LogP contribution is 2.23. The number of nitrogens with one attached hydrogen (secondary N) is 1. The molecule has 0 aliphatic carbocycles. The highest BCUT2D eigenvalue weighted by molar-refractivity contribution is 5.96. The number of anilines is 1. The van der Waals surface area contributed by atoms with Crippen LogP contribution in [-0.4, -0.2) is 30.7 Å². The quantitative estimate of drug-likeness (QED) is 0.828. The summed E-state index contributed by atoms with van der Waals surface area (Å²) in [6.45, 7) is 1.27. The number of aryl methyl sites for hydroxylation is 1. The van der Waals surface area contributed by atoms with Crippen LogP contribution in [0, 0.1) is 6.92 Å². The molecule has 2 N–H and O–H groups in total. The molecule has 23 heavy (non-hydrogen) atoms. The third kappa shape index (κ3) is 4.23. The van der Waals surface area contributed by atoms with E-state index in [2.05, 4.69) is 5.32 Å². The molecule has 0 spiro atoms. The predicted octanol–water partition coefficient (Wildman–Crippen LogP) is 2.50. The lowest BCUT2D eigenvalue weighted by atomic mass is 10.1. The van der Waals surface area contributed by atoms with E-state index in [1.54, 1.807) is 37.3 Å². The maximum Gasteiger partial charge on any atom is 0.338 e. The second-order valence-electron chi connectivity index (χ2n) is 4.83. The average Bonchev–Trinajstić information content (AvgIpc) is 2.55. The Bertz CT molecular complexity index is 727. The first-order chi connectivity index (χ1) is 11.0. The molecule has 0 saturated heterocycles. The van der Waals surface area contributed by atoms with Crippen molar-refractivity contribution in [3.63, 3.8) is 0 Å². The van der Waals surface area contributed by atoms with Gasteiger partial charge in [0.05, 0.1) is 18.4 Å². The number of phenolic OH excluding ortho intramolecular Hbond substituents is 1. The summed E-state index contributed by atoms with van der Waals surface area (Å²) in [7, 11) is 1.49. The van der Waals surface area contributed by atoms with Crippen LogP contribution in [0.3, 0.4) is 0 Å². The minimum absolute atomic E-state index is 0.00192. The van der Waals surface area contributed by atoms with Crippen molar-refractivity contribution in [3.8, 4) is 11.5 Å². The fourth-order valence-corrected chi connectivity index (χ4v) is 1.88. The van der Waals surface area contributed by atoms with Crippen LogP contribution in [-0.2, 0) is 9.53 Å². The minimum atomic E-state index is -0.685. The molecule has 1 amide bonds. The van der Waals surface area contributed by atoms with E-state index in [1.807, 2.05) is 0 Å². The Morgan fingerprint density at radius 3 is 2.61 bits per heavy atom. The third-order valence-corrected chi connectivity index (χ3v) is 3.16. The zero-order chi connectivity index (χ0) is 16.8. The summed E-state index contributed by atoms with van der Waals surface area (Å²) < 4.78 is 10.0. The number of esters is 1. The maximum atomic E-state index is 11.9. The molecule has 0 aromatic heterocycles. The third-order valence-electron chi connectivity index (χ3n) is 3.16. The van der Waals surface area contributed by atoms with Crippen molar-refractivity contribution >= 4 is 17.6 Å². The van der Waals surface area contributed by atoms with Crippen molar-refractivity contribution in [2.24, 2.45) is 0 Å². The minimum Gasteiger partial charge on any atom is -0.508 e. The van der Waals surface area contributed by atoms with Crippen molar-refractivity contribution in [1.29, 1.82) is 0 Å². The van der Waals surface area contributed by atoms with Crippen LogP contribution in [0.15, 0.2) is 42.5 Å². The molecule has 120 valence electrons. The van der Waals surface area contributed by atoms with E-state index in [0.717, 1.165) is 0 Å². The number of carbonyl (C=O) groups excluding carboxylic acids is 2. The van der Waals surface area contributed by atoms with Gasteiger partial charge in [0.25, 0.3) is 5.91 Å². The number of rotatable bonds is 5. The second-order valence-corrected chi connectivity index (χ2v) is 4.83. The van der Waals surface area contributed by atoms with E-state index < -0.39 is 18.5 Å². The fraction of sp³-hybridized carbons (Fsp3) is 0.176. The maximum absolute atomic E-state index is 11.9. The van der Waals surface area contributed by atoms with Gasteiger partial charge in [-0.2, -0.15) is 0 Å². The number of phenols is 1. The molecule has 2 aromatic carbocycles. The van der Waals surface area contributed by atoms with Crippen LogP contribution in [0.1, 0.15) is 15.9 Å². The Balaban J connectivity index is 1.93. The molecule has 0 atom stereocenters. The molecular weight excluding hydrogens is 298 g/mol. The molecule has 0 aliphatic heterocycles. The van der Waals surface area contributed by atoms with E-state index in [4.69, 9.17) is 9.47 Å². The van der Waals surface area contributed by atoms with E-state index in [0.29, 0.717) is 17.0 Å². The molecular formula is C17H17NO5. The van der Waals surface area contributed by atoms with Crippen LogP contribution in [0.25, 0.3) is 0 Å². The van der Waals surface area contributed by atoms with Gasteiger partial charge in [-0.1, -0.05) is 18.2 Å². The molecule has 0 bridgehead atoms. The fourth-order valence-electron chi connectivity index (χ4n) is 1.88. The SMILES string of the molecule is COc1ccccc1NC(=O)COC(=O)c1ccc(C)c(O)c1. The molecule has 0 heterocycles. The summed E-state index contributed by atoms with van der Waals surface area (Å²) in [6, 6.07) is 11.3. The second kappa shape index (κ2) is 7.31. The zero-order valence-electron chi connectivity index (χ0n) is 12.8. The summed E-state index contributed by atoms with van der Waals surface area (Å²) in [5, 5.41) is 12.2. The molecule has 0 radical (unpaired) electrons. The number of amides is 1. The Kier molecular flexibility index (Phi) is 5.19. The molecule has 2 rings (SSSR count). The number of benzene rings is 2. The molecule has 0 fully saturated rings. The van der Waals surface area contributed by atoms with Crippen LogP contribution < -0.4 is 10.1 Å². The molecule has 0 unspecified atom stereocenters. The number of hydrogen-bond donors (Lipinski definition) is 2. The summed E-state index contributed by atoms with van der Waals surface area (Å²) in [5.41, 5.74) is 1.32. The Hall–Kier alpha value is -3.02. The van der Waals surface area contributed by atoms with Gasteiger partial charge in [-0.15, -0.1) is 0 Å². The first kappa shape index (κ1) is 16.4. The van der Waals surface area contributed by atoms with Crippen molar-refractivity contribution < 1.29 is 24.2 Å². The Morgan fingerprint density at radius 1 is 1.17 bits per heavy atom. The van der Waals surface area contributed by atoms with Gasteiger partial charge in [0, 0.05) is 0 Å². The van der Waals surface area contributed by atoms with E-state index in [-0.39, 0.29) is 11.3 Å². The van der Waals surface area contributed by atoms with E-state index in [9.17, 15) is 14.7 Å². The largest absolute Gasteiger partial charge is 0.508 e. The first-order valence-electron chi connectivity index (χ1n) is 6.91. The smallest absolute Gasteiger partial charge is 0.338 e. The number of ether oxygens (including phenoxy) is 2. The van der Waals surface area contributed by atoms with Crippen LogP contribution in [0.5, 0.6) is 11.5 Å². The molecule has 6 nitrogen and oxygen atoms in total. The normalized spacial score (nSPS) is 10.0. The lowest BCUT2D eigenvalue weighted by molar-refractivity contribution is -0.119. The number of hydrogen-bond acceptors (Lipinski definition) is 5. The zero-order valence-corrected chi connectivity index (χ0v) is 12.8. The van der Waals surface area contributed by atoms with Crippen molar-refractivity contribution in [2.45, 2.75) is 6.92 Å². The molecule has 2 aromatic rings. The van der Waals surface area contributed by atoms with Gasteiger partial charge in [-0.25, -0.2) is 4.79 Å². The van der Waals surface area contributed by atoms with E-state index in [1.165, 1.54) is 19.2 Å². The monoisotopic (exact) mass is 315 g/mol. The molecule has 6 heteroatoms. The van der Waals surface area contributed by atoms with Gasteiger partial charge >= 0.3 is 5.97 Å². The topological polar surface area (TPSA) is 84.9 Å². The first-order valence-corrected chi connectivity index (χ1v) is 6.91.